The predicted octanol–water partition coefficient (Wildman–Crippen LogP) is 4.83. The highest BCUT2D eigenvalue weighted by Gasteiger charge is 2.43. The van der Waals surface area contributed by atoms with Gasteiger partial charge in [-0.2, -0.15) is 13.2 Å². The minimum atomic E-state index is -4.56. The molecule has 0 aliphatic carbocycles. The maximum absolute atomic E-state index is 13.3. The van der Waals surface area contributed by atoms with E-state index < -0.39 is 12.3 Å². The van der Waals surface area contributed by atoms with Crippen LogP contribution in [0.4, 0.5) is 13.2 Å². The summed E-state index contributed by atoms with van der Waals surface area (Å²) < 4.78 is 45.2. The molecule has 0 bridgehead atoms. The summed E-state index contributed by atoms with van der Waals surface area (Å²) in [6, 6.07) is 18.0. The Morgan fingerprint density at radius 2 is 1.46 bits per heavy atom. The molecule has 0 radical (unpaired) electrons. The second-order valence-electron chi connectivity index (χ2n) is 5.06. The van der Waals surface area contributed by atoms with Crippen molar-refractivity contribution in [1.82, 2.24) is 9.97 Å². The van der Waals surface area contributed by atoms with Gasteiger partial charge in [-0.05, 0) is 0 Å². The number of alkyl halides is 3. The van der Waals surface area contributed by atoms with Crippen LogP contribution >= 0.6 is 0 Å². The van der Waals surface area contributed by atoms with Crippen molar-refractivity contribution in [3.05, 3.63) is 78.6 Å². The molecule has 3 rings (SSSR count). The quantitative estimate of drug-likeness (QED) is 0.687. The number of rotatable bonds is 4. The minimum Gasteiger partial charge on any atom is -0.460 e. The summed E-state index contributed by atoms with van der Waals surface area (Å²) in [5.74, 6) is -0.130. The Labute approximate surface area is 136 Å². The van der Waals surface area contributed by atoms with Gasteiger partial charge in [0, 0.05) is 17.2 Å². The zero-order valence-corrected chi connectivity index (χ0v) is 12.4. The van der Waals surface area contributed by atoms with Crippen molar-refractivity contribution in [2.45, 2.75) is 12.3 Å². The first kappa shape index (κ1) is 16.0. The van der Waals surface area contributed by atoms with E-state index in [1.807, 2.05) is 30.3 Å². The molecular weight excluding hydrogens is 317 g/mol. The lowest BCUT2D eigenvalue weighted by Gasteiger charge is -2.21. The number of ether oxygens (including phenoxy) is 1. The van der Waals surface area contributed by atoms with E-state index in [0.717, 1.165) is 5.56 Å². The topological polar surface area (TPSA) is 35.0 Å². The molecule has 6 heteroatoms. The predicted molar refractivity (Wildman–Crippen MR) is 83.3 cm³/mol. The van der Waals surface area contributed by atoms with Gasteiger partial charge in [0.1, 0.15) is 6.33 Å². The molecule has 2 aromatic carbocycles. The lowest BCUT2D eigenvalue weighted by molar-refractivity contribution is -0.198. The molecule has 0 aliphatic rings. The van der Waals surface area contributed by atoms with E-state index >= 15 is 0 Å². The Hall–Kier alpha value is -2.89. The Bertz CT molecular complexity index is 792. The van der Waals surface area contributed by atoms with E-state index in [4.69, 9.17) is 4.74 Å². The van der Waals surface area contributed by atoms with Crippen LogP contribution in [0.1, 0.15) is 11.7 Å². The Kier molecular flexibility index (Phi) is 4.46. The van der Waals surface area contributed by atoms with E-state index in [1.54, 1.807) is 6.07 Å². The standard InChI is InChI=1S/C18H13F3N2O/c19-18(20,21)17(14-9-5-2-6-10-14)24-16-11-15(22-12-23-16)13-7-3-1-4-8-13/h1-12,17H. The van der Waals surface area contributed by atoms with Gasteiger partial charge in [0.15, 0.2) is 0 Å². The third-order valence-electron chi connectivity index (χ3n) is 3.35. The largest absolute Gasteiger partial charge is 0.460 e. The zero-order valence-electron chi connectivity index (χ0n) is 12.4. The highest BCUT2D eigenvalue weighted by Crippen LogP contribution is 2.36. The van der Waals surface area contributed by atoms with Crippen LogP contribution in [0.2, 0.25) is 0 Å². The van der Waals surface area contributed by atoms with Gasteiger partial charge in [0.25, 0.3) is 0 Å². The SMILES string of the molecule is FC(F)(F)C(Oc1cc(-c2ccccc2)ncn1)c1ccccc1. The Balaban J connectivity index is 1.91. The fraction of sp³-hybridized carbons (Fsp3) is 0.111. The van der Waals surface area contributed by atoms with Crippen LogP contribution in [0.25, 0.3) is 11.3 Å². The van der Waals surface area contributed by atoms with Crippen LogP contribution in [-0.4, -0.2) is 16.1 Å². The smallest absolute Gasteiger partial charge is 0.429 e. The van der Waals surface area contributed by atoms with Gasteiger partial charge in [-0.1, -0.05) is 60.7 Å². The number of hydrogen-bond donors (Lipinski definition) is 0. The van der Waals surface area contributed by atoms with Crippen molar-refractivity contribution in [3.8, 4) is 17.1 Å². The monoisotopic (exact) mass is 330 g/mol. The van der Waals surface area contributed by atoms with E-state index in [1.165, 1.54) is 36.7 Å². The maximum Gasteiger partial charge on any atom is 0.429 e. The molecule has 1 aromatic heterocycles. The first-order valence-electron chi connectivity index (χ1n) is 7.20. The summed E-state index contributed by atoms with van der Waals surface area (Å²) >= 11 is 0. The van der Waals surface area contributed by atoms with Crippen LogP contribution < -0.4 is 4.74 Å². The van der Waals surface area contributed by atoms with Crippen LogP contribution in [0, 0.1) is 0 Å². The van der Waals surface area contributed by atoms with Crippen molar-refractivity contribution in [2.24, 2.45) is 0 Å². The van der Waals surface area contributed by atoms with Crippen molar-refractivity contribution >= 4 is 0 Å². The molecule has 24 heavy (non-hydrogen) atoms. The minimum absolute atomic E-state index is 0.0184. The average molecular weight is 330 g/mol. The van der Waals surface area contributed by atoms with E-state index in [2.05, 4.69) is 9.97 Å². The Morgan fingerprint density at radius 3 is 2.08 bits per heavy atom. The molecule has 0 saturated heterocycles. The van der Waals surface area contributed by atoms with Crippen molar-refractivity contribution in [3.63, 3.8) is 0 Å². The molecule has 0 aliphatic heterocycles. The highest BCUT2D eigenvalue weighted by molar-refractivity contribution is 5.59. The number of nitrogens with zero attached hydrogens (tertiary/aromatic N) is 2. The summed E-state index contributed by atoms with van der Waals surface area (Å²) in [7, 11) is 0. The highest BCUT2D eigenvalue weighted by atomic mass is 19.4. The van der Waals surface area contributed by atoms with Crippen LogP contribution in [0.3, 0.4) is 0 Å². The molecule has 0 N–H and O–H groups in total. The van der Waals surface area contributed by atoms with E-state index in [-0.39, 0.29) is 11.4 Å². The molecule has 0 fully saturated rings. The third kappa shape index (κ3) is 3.71. The third-order valence-corrected chi connectivity index (χ3v) is 3.35. The Morgan fingerprint density at radius 1 is 0.833 bits per heavy atom. The van der Waals surface area contributed by atoms with Crippen LogP contribution in [-0.2, 0) is 0 Å². The average Bonchev–Trinajstić information content (AvgIpc) is 2.60. The molecule has 3 nitrogen and oxygen atoms in total. The van der Waals surface area contributed by atoms with Gasteiger partial charge in [0.05, 0.1) is 5.69 Å². The number of halogens is 3. The molecular formula is C18H13F3N2O. The molecule has 3 aromatic rings. The lowest BCUT2D eigenvalue weighted by atomic mass is 10.1. The number of benzene rings is 2. The normalized spacial score (nSPS) is 12.6. The van der Waals surface area contributed by atoms with Gasteiger partial charge < -0.3 is 4.74 Å². The number of aromatic nitrogens is 2. The molecule has 0 amide bonds. The van der Waals surface area contributed by atoms with Gasteiger partial charge in [0.2, 0.25) is 12.0 Å². The summed E-state index contributed by atoms with van der Waals surface area (Å²) in [4.78, 5) is 7.89. The second kappa shape index (κ2) is 6.70. The van der Waals surface area contributed by atoms with E-state index in [9.17, 15) is 13.2 Å². The molecule has 0 saturated carbocycles. The fourth-order valence-corrected chi connectivity index (χ4v) is 2.24. The fourth-order valence-electron chi connectivity index (χ4n) is 2.24. The lowest BCUT2D eigenvalue weighted by Crippen LogP contribution is -2.26. The summed E-state index contributed by atoms with van der Waals surface area (Å²) in [6.45, 7) is 0. The van der Waals surface area contributed by atoms with Gasteiger partial charge in [-0.3, -0.25) is 0 Å². The second-order valence-corrected chi connectivity index (χ2v) is 5.06. The summed E-state index contributed by atoms with van der Waals surface area (Å²) in [5, 5.41) is 0. The maximum atomic E-state index is 13.3. The molecule has 1 heterocycles. The van der Waals surface area contributed by atoms with Crippen LogP contribution in [0.15, 0.2) is 73.1 Å². The number of hydrogen-bond acceptors (Lipinski definition) is 3. The van der Waals surface area contributed by atoms with Crippen molar-refractivity contribution in [2.75, 3.05) is 0 Å². The first-order valence-corrected chi connectivity index (χ1v) is 7.20. The van der Waals surface area contributed by atoms with Gasteiger partial charge in [-0.15, -0.1) is 0 Å². The van der Waals surface area contributed by atoms with Gasteiger partial charge >= 0.3 is 6.18 Å². The summed E-state index contributed by atoms with van der Waals surface area (Å²) in [5.41, 5.74) is 1.28. The summed E-state index contributed by atoms with van der Waals surface area (Å²) in [6.07, 6.45) is -5.45. The van der Waals surface area contributed by atoms with Gasteiger partial charge in [-0.25, -0.2) is 9.97 Å². The van der Waals surface area contributed by atoms with Crippen molar-refractivity contribution in [1.29, 1.82) is 0 Å². The van der Waals surface area contributed by atoms with Crippen molar-refractivity contribution < 1.29 is 17.9 Å². The van der Waals surface area contributed by atoms with E-state index in [0.29, 0.717) is 5.69 Å². The van der Waals surface area contributed by atoms with Crippen LogP contribution in [0.5, 0.6) is 5.88 Å². The molecule has 122 valence electrons. The first-order chi connectivity index (χ1) is 11.5. The molecule has 1 unspecified atom stereocenters. The molecule has 1 atom stereocenters. The molecule has 0 spiro atoms. The zero-order chi connectivity index (χ0) is 17.0.